The van der Waals surface area contributed by atoms with Crippen LogP contribution in [0.25, 0.3) is 11.0 Å². The number of carbonyl (C=O) groups is 1. The molecule has 1 N–H and O–H groups in total. The minimum absolute atomic E-state index is 0.00364. The van der Waals surface area contributed by atoms with Crippen molar-refractivity contribution in [1.82, 2.24) is 24.3 Å². The molecule has 1 aliphatic heterocycles. The molecule has 2 fully saturated rings. The second-order valence-corrected chi connectivity index (χ2v) is 10.6. The van der Waals surface area contributed by atoms with Gasteiger partial charge in [0.05, 0.1) is 0 Å². The zero-order chi connectivity index (χ0) is 24.7. The van der Waals surface area contributed by atoms with Crippen molar-refractivity contribution in [2.75, 3.05) is 57.5 Å². The molecule has 8 nitrogen and oxygen atoms in total. The molecular weight excluding hydrogens is 438 g/mol. The van der Waals surface area contributed by atoms with E-state index in [0.717, 1.165) is 55.7 Å². The molecule has 0 bridgehead atoms. The fraction of sp³-hybridized carbons (Fsp3) is 0.519. The summed E-state index contributed by atoms with van der Waals surface area (Å²) in [5, 5.41) is 4.28. The molecule has 8 heteroatoms. The van der Waals surface area contributed by atoms with Gasteiger partial charge in [0.2, 0.25) is 5.95 Å². The maximum Gasteiger partial charge on any atom is 0.270 e. The number of hydrogen-bond acceptors (Lipinski definition) is 6. The minimum Gasteiger partial charge on any atom is -0.369 e. The fourth-order valence-corrected chi connectivity index (χ4v) is 5.43. The van der Waals surface area contributed by atoms with Gasteiger partial charge in [-0.25, -0.2) is 4.98 Å². The number of anilines is 3. The van der Waals surface area contributed by atoms with E-state index in [9.17, 15) is 4.79 Å². The van der Waals surface area contributed by atoms with Crippen molar-refractivity contribution in [2.45, 2.75) is 38.6 Å². The van der Waals surface area contributed by atoms with Gasteiger partial charge in [0, 0.05) is 68.8 Å². The molecule has 2 aliphatic rings. The number of nitrogens with one attached hydrogen (secondary N) is 1. The molecule has 0 atom stereocenters. The van der Waals surface area contributed by atoms with Crippen molar-refractivity contribution >= 4 is 34.3 Å². The highest BCUT2D eigenvalue weighted by Crippen LogP contribution is 2.48. The normalized spacial score (nSPS) is 18.1. The lowest BCUT2D eigenvalue weighted by Gasteiger charge is -2.48. The number of nitrogens with zero attached hydrogens (tertiary/aromatic N) is 6. The molecule has 0 spiro atoms. The molecule has 3 heterocycles. The van der Waals surface area contributed by atoms with Crippen LogP contribution in [0.4, 0.5) is 17.3 Å². The lowest BCUT2D eigenvalue weighted by atomic mass is 9.69. The molecule has 186 valence electrons. The third kappa shape index (κ3) is 4.24. The standard InChI is InChI=1S/C27H37N7O/c1-19(2)27(11-6-12-27)34-23(25(35)31(3)4)17-20-18-28-26(30-24(20)34)29-21-7-9-22(10-8-21)33-15-13-32(5)14-16-33/h7-10,17-19H,6,11-16H2,1-5H3,(H,28,29,30). The van der Waals surface area contributed by atoms with Crippen LogP contribution in [0.15, 0.2) is 36.5 Å². The Bertz CT molecular complexity index is 1200. The van der Waals surface area contributed by atoms with Gasteiger partial charge in [0.15, 0.2) is 0 Å². The Balaban J connectivity index is 1.46. The molecule has 1 amide bonds. The Labute approximate surface area is 207 Å². The summed E-state index contributed by atoms with van der Waals surface area (Å²) in [4.78, 5) is 29.1. The second-order valence-electron chi connectivity index (χ2n) is 10.6. The van der Waals surface area contributed by atoms with Gasteiger partial charge in [-0.05, 0) is 62.6 Å². The van der Waals surface area contributed by atoms with Crippen LogP contribution in [-0.4, -0.2) is 77.6 Å². The van der Waals surface area contributed by atoms with E-state index in [1.807, 2.05) is 12.3 Å². The largest absolute Gasteiger partial charge is 0.369 e. The Morgan fingerprint density at radius 2 is 1.77 bits per heavy atom. The predicted molar refractivity (Wildman–Crippen MR) is 142 cm³/mol. The predicted octanol–water partition coefficient (Wildman–Crippen LogP) is 4.16. The van der Waals surface area contributed by atoms with Crippen LogP contribution in [0.3, 0.4) is 0 Å². The van der Waals surface area contributed by atoms with Crippen LogP contribution >= 0.6 is 0 Å². The average Bonchev–Trinajstić information content (AvgIpc) is 3.17. The quantitative estimate of drug-likeness (QED) is 0.577. The number of likely N-dealkylation sites (N-methyl/N-ethyl adjacent to an activating group) is 1. The molecule has 5 rings (SSSR count). The molecular formula is C27H37N7O. The molecule has 3 aromatic rings. The van der Waals surface area contributed by atoms with Gasteiger partial charge in [0.1, 0.15) is 11.3 Å². The summed E-state index contributed by atoms with van der Waals surface area (Å²) in [5.41, 5.74) is 3.63. The highest BCUT2D eigenvalue weighted by Gasteiger charge is 2.44. The van der Waals surface area contributed by atoms with Gasteiger partial charge >= 0.3 is 0 Å². The number of piperazine rings is 1. The molecule has 0 unspecified atom stereocenters. The topological polar surface area (TPSA) is 69.5 Å². The summed E-state index contributed by atoms with van der Waals surface area (Å²) in [6.45, 7) is 8.76. The van der Waals surface area contributed by atoms with Gasteiger partial charge < -0.3 is 24.6 Å². The SMILES string of the molecule is CC(C)C1(n2c(C(=O)N(C)C)cc3cnc(Nc4ccc(N5CCN(C)CC5)cc4)nc32)CCC1. The molecule has 1 aromatic carbocycles. The number of fused-ring (bicyclic) bond motifs is 1. The first-order valence-electron chi connectivity index (χ1n) is 12.7. The van der Waals surface area contributed by atoms with E-state index in [2.05, 4.69) is 69.8 Å². The smallest absolute Gasteiger partial charge is 0.270 e. The van der Waals surface area contributed by atoms with Crippen molar-refractivity contribution in [2.24, 2.45) is 5.92 Å². The maximum absolute atomic E-state index is 13.1. The fourth-order valence-electron chi connectivity index (χ4n) is 5.43. The number of aromatic nitrogens is 3. The van der Waals surface area contributed by atoms with E-state index in [4.69, 9.17) is 4.98 Å². The minimum atomic E-state index is -0.0848. The lowest BCUT2D eigenvalue weighted by molar-refractivity contribution is 0.0679. The van der Waals surface area contributed by atoms with Gasteiger partial charge in [-0.3, -0.25) is 4.79 Å². The number of carbonyl (C=O) groups excluding carboxylic acids is 1. The van der Waals surface area contributed by atoms with E-state index < -0.39 is 0 Å². The lowest BCUT2D eigenvalue weighted by Crippen LogP contribution is -2.47. The van der Waals surface area contributed by atoms with Crippen molar-refractivity contribution in [3.63, 3.8) is 0 Å². The van der Waals surface area contributed by atoms with E-state index in [-0.39, 0.29) is 11.4 Å². The molecule has 1 saturated heterocycles. The van der Waals surface area contributed by atoms with Crippen LogP contribution in [-0.2, 0) is 5.54 Å². The van der Waals surface area contributed by atoms with Crippen LogP contribution in [0.2, 0.25) is 0 Å². The first-order chi connectivity index (χ1) is 16.8. The van der Waals surface area contributed by atoms with Crippen LogP contribution in [0, 0.1) is 5.92 Å². The summed E-state index contributed by atoms with van der Waals surface area (Å²) in [5.74, 6) is 0.948. The number of amides is 1. The van der Waals surface area contributed by atoms with Crippen LogP contribution < -0.4 is 10.2 Å². The van der Waals surface area contributed by atoms with Crippen molar-refractivity contribution in [1.29, 1.82) is 0 Å². The van der Waals surface area contributed by atoms with E-state index >= 15 is 0 Å². The van der Waals surface area contributed by atoms with Crippen LogP contribution in [0.1, 0.15) is 43.6 Å². The molecule has 1 saturated carbocycles. The third-order valence-corrected chi connectivity index (χ3v) is 7.90. The van der Waals surface area contributed by atoms with Gasteiger partial charge in [-0.2, -0.15) is 4.98 Å². The molecule has 2 aromatic heterocycles. The summed E-state index contributed by atoms with van der Waals surface area (Å²) in [6, 6.07) is 10.4. The summed E-state index contributed by atoms with van der Waals surface area (Å²) < 4.78 is 2.21. The summed E-state index contributed by atoms with van der Waals surface area (Å²) in [6.07, 6.45) is 5.12. The van der Waals surface area contributed by atoms with Crippen molar-refractivity contribution in [3.8, 4) is 0 Å². The summed E-state index contributed by atoms with van der Waals surface area (Å²) >= 11 is 0. The Hall–Kier alpha value is -3.13. The second kappa shape index (κ2) is 9.15. The Morgan fingerprint density at radius 3 is 2.34 bits per heavy atom. The van der Waals surface area contributed by atoms with Crippen molar-refractivity contribution in [3.05, 3.63) is 42.2 Å². The first-order valence-corrected chi connectivity index (χ1v) is 12.7. The highest BCUT2D eigenvalue weighted by molar-refractivity contribution is 5.98. The zero-order valence-electron chi connectivity index (χ0n) is 21.6. The van der Waals surface area contributed by atoms with Crippen molar-refractivity contribution < 1.29 is 4.79 Å². The monoisotopic (exact) mass is 475 g/mol. The number of rotatable bonds is 6. The summed E-state index contributed by atoms with van der Waals surface area (Å²) in [7, 11) is 5.78. The highest BCUT2D eigenvalue weighted by atomic mass is 16.2. The van der Waals surface area contributed by atoms with E-state index in [1.165, 1.54) is 12.1 Å². The first kappa shape index (κ1) is 23.6. The van der Waals surface area contributed by atoms with Gasteiger partial charge in [-0.15, -0.1) is 0 Å². The average molecular weight is 476 g/mol. The number of benzene rings is 1. The molecule has 0 radical (unpaired) electrons. The number of hydrogen-bond donors (Lipinski definition) is 1. The van der Waals surface area contributed by atoms with E-state index in [0.29, 0.717) is 17.6 Å². The van der Waals surface area contributed by atoms with E-state index in [1.54, 1.807) is 19.0 Å². The molecule has 1 aliphatic carbocycles. The third-order valence-electron chi connectivity index (χ3n) is 7.90. The maximum atomic E-state index is 13.1. The molecule has 35 heavy (non-hydrogen) atoms. The van der Waals surface area contributed by atoms with Gasteiger partial charge in [-0.1, -0.05) is 13.8 Å². The Morgan fingerprint density at radius 1 is 1.09 bits per heavy atom. The van der Waals surface area contributed by atoms with Gasteiger partial charge in [0.25, 0.3) is 5.91 Å². The zero-order valence-corrected chi connectivity index (χ0v) is 21.6. The Kier molecular flexibility index (Phi) is 6.17. The van der Waals surface area contributed by atoms with Crippen LogP contribution in [0.5, 0.6) is 0 Å².